The normalized spacial score (nSPS) is 10.5. The zero-order valence-electron chi connectivity index (χ0n) is 11.1. The quantitative estimate of drug-likeness (QED) is 0.741. The van der Waals surface area contributed by atoms with Gasteiger partial charge in [-0.05, 0) is 29.7 Å². The Morgan fingerprint density at radius 1 is 1.09 bits per heavy atom. The van der Waals surface area contributed by atoms with Gasteiger partial charge in [0.25, 0.3) is 5.91 Å². The standard InChI is InChI=1S/C15H9Cl2N3OS/c16-10-6-7-11(17)12(8-10)18-15(21)14-13(19-20-22-14)9-4-2-1-3-5-9/h1-8H,(H,18,21). The number of aromatic nitrogens is 2. The first-order valence-electron chi connectivity index (χ1n) is 6.29. The van der Waals surface area contributed by atoms with Crippen molar-refractivity contribution in [2.75, 3.05) is 5.32 Å². The van der Waals surface area contributed by atoms with Crippen molar-refractivity contribution in [2.24, 2.45) is 0 Å². The highest BCUT2D eigenvalue weighted by Gasteiger charge is 2.18. The monoisotopic (exact) mass is 349 g/mol. The summed E-state index contributed by atoms with van der Waals surface area (Å²) in [6.07, 6.45) is 0. The van der Waals surface area contributed by atoms with Crippen molar-refractivity contribution < 1.29 is 4.79 Å². The van der Waals surface area contributed by atoms with Crippen molar-refractivity contribution in [3.05, 3.63) is 63.5 Å². The van der Waals surface area contributed by atoms with Crippen molar-refractivity contribution in [2.45, 2.75) is 0 Å². The van der Waals surface area contributed by atoms with Crippen molar-refractivity contribution in [3.63, 3.8) is 0 Å². The molecule has 2 aromatic carbocycles. The summed E-state index contributed by atoms with van der Waals surface area (Å²) in [5.41, 5.74) is 1.83. The van der Waals surface area contributed by atoms with E-state index in [-0.39, 0.29) is 5.91 Å². The van der Waals surface area contributed by atoms with E-state index in [1.54, 1.807) is 18.2 Å². The number of amides is 1. The molecule has 3 aromatic rings. The molecule has 1 N–H and O–H groups in total. The molecule has 4 nitrogen and oxygen atoms in total. The molecule has 22 heavy (non-hydrogen) atoms. The van der Waals surface area contributed by atoms with Gasteiger partial charge < -0.3 is 5.32 Å². The molecule has 0 saturated heterocycles. The minimum Gasteiger partial charge on any atom is -0.320 e. The number of hydrogen-bond acceptors (Lipinski definition) is 4. The lowest BCUT2D eigenvalue weighted by molar-refractivity contribution is 0.103. The molecule has 0 aliphatic rings. The number of nitrogens with zero attached hydrogens (tertiary/aromatic N) is 2. The van der Waals surface area contributed by atoms with Crippen LogP contribution in [0.3, 0.4) is 0 Å². The molecule has 110 valence electrons. The van der Waals surface area contributed by atoms with Crippen molar-refractivity contribution in [3.8, 4) is 11.3 Å². The summed E-state index contributed by atoms with van der Waals surface area (Å²) in [7, 11) is 0. The Balaban J connectivity index is 1.91. The lowest BCUT2D eigenvalue weighted by atomic mass is 10.1. The van der Waals surface area contributed by atoms with Gasteiger partial charge in [0.2, 0.25) is 0 Å². The maximum absolute atomic E-state index is 12.5. The zero-order valence-corrected chi connectivity index (χ0v) is 13.4. The Kier molecular flexibility index (Phi) is 4.38. The second-order valence-corrected chi connectivity index (χ2v) is 5.99. The number of halogens is 2. The first-order valence-corrected chi connectivity index (χ1v) is 7.82. The van der Waals surface area contributed by atoms with Gasteiger partial charge in [0.1, 0.15) is 10.6 Å². The first-order chi connectivity index (χ1) is 10.6. The summed E-state index contributed by atoms with van der Waals surface area (Å²) in [5, 5.41) is 7.68. The van der Waals surface area contributed by atoms with Gasteiger partial charge in [-0.3, -0.25) is 4.79 Å². The molecular formula is C15H9Cl2N3OS. The van der Waals surface area contributed by atoms with E-state index in [0.29, 0.717) is 26.3 Å². The Morgan fingerprint density at radius 3 is 2.64 bits per heavy atom. The highest BCUT2D eigenvalue weighted by atomic mass is 35.5. The Morgan fingerprint density at radius 2 is 1.86 bits per heavy atom. The molecule has 0 radical (unpaired) electrons. The molecule has 7 heteroatoms. The van der Waals surface area contributed by atoms with Crippen LogP contribution in [0.2, 0.25) is 10.0 Å². The largest absolute Gasteiger partial charge is 0.320 e. The molecule has 3 rings (SSSR count). The number of hydrogen-bond donors (Lipinski definition) is 1. The fourth-order valence-corrected chi connectivity index (χ4v) is 2.82. The molecule has 1 heterocycles. The zero-order chi connectivity index (χ0) is 15.5. The molecular weight excluding hydrogens is 341 g/mol. The van der Waals surface area contributed by atoms with E-state index in [1.165, 1.54) is 0 Å². The summed E-state index contributed by atoms with van der Waals surface area (Å²) in [6.45, 7) is 0. The molecule has 0 bridgehead atoms. The number of carbonyl (C=O) groups excluding carboxylic acids is 1. The molecule has 0 aliphatic heterocycles. The molecule has 1 aromatic heterocycles. The first kappa shape index (κ1) is 15.0. The van der Waals surface area contributed by atoms with Crippen LogP contribution in [0.5, 0.6) is 0 Å². The maximum Gasteiger partial charge on any atom is 0.269 e. The van der Waals surface area contributed by atoms with Crippen LogP contribution in [0.15, 0.2) is 48.5 Å². The minimum atomic E-state index is -0.321. The third-order valence-electron chi connectivity index (χ3n) is 2.92. The van der Waals surface area contributed by atoms with Gasteiger partial charge in [-0.1, -0.05) is 58.0 Å². The van der Waals surface area contributed by atoms with Crippen LogP contribution in [0.25, 0.3) is 11.3 Å². The van der Waals surface area contributed by atoms with E-state index in [9.17, 15) is 4.79 Å². The Bertz CT molecular complexity index is 821. The number of anilines is 1. The smallest absolute Gasteiger partial charge is 0.269 e. The predicted molar refractivity (Wildman–Crippen MR) is 89.8 cm³/mol. The van der Waals surface area contributed by atoms with Crippen LogP contribution in [0.4, 0.5) is 5.69 Å². The number of nitrogens with one attached hydrogen (secondary N) is 1. The van der Waals surface area contributed by atoms with Crippen LogP contribution in [0, 0.1) is 0 Å². The molecule has 0 unspecified atom stereocenters. The molecule has 0 fully saturated rings. The second kappa shape index (κ2) is 6.44. The van der Waals surface area contributed by atoms with E-state index in [1.807, 2.05) is 30.3 Å². The summed E-state index contributed by atoms with van der Waals surface area (Å²) in [6, 6.07) is 14.3. The minimum absolute atomic E-state index is 0.321. The van der Waals surface area contributed by atoms with Gasteiger partial charge in [0.15, 0.2) is 0 Å². The van der Waals surface area contributed by atoms with E-state index < -0.39 is 0 Å². The van der Waals surface area contributed by atoms with Crippen LogP contribution in [0.1, 0.15) is 9.67 Å². The van der Waals surface area contributed by atoms with Crippen molar-refractivity contribution in [1.82, 2.24) is 9.59 Å². The Labute approximate surface area is 140 Å². The van der Waals surface area contributed by atoms with Crippen LogP contribution >= 0.6 is 34.7 Å². The fourth-order valence-electron chi connectivity index (χ4n) is 1.90. The third kappa shape index (κ3) is 3.11. The van der Waals surface area contributed by atoms with Crippen LogP contribution < -0.4 is 5.32 Å². The predicted octanol–water partition coefficient (Wildman–Crippen LogP) is 4.76. The lowest BCUT2D eigenvalue weighted by Crippen LogP contribution is -2.11. The van der Waals surface area contributed by atoms with Gasteiger partial charge >= 0.3 is 0 Å². The van der Waals surface area contributed by atoms with Gasteiger partial charge in [0, 0.05) is 10.6 Å². The summed E-state index contributed by atoms with van der Waals surface area (Å²) >= 11 is 13.0. The van der Waals surface area contributed by atoms with Crippen molar-refractivity contribution in [1.29, 1.82) is 0 Å². The average Bonchev–Trinajstić information content (AvgIpc) is 3.01. The maximum atomic E-state index is 12.5. The highest BCUT2D eigenvalue weighted by Crippen LogP contribution is 2.28. The third-order valence-corrected chi connectivity index (χ3v) is 4.21. The Hall–Kier alpha value is -1.95. The van der Waals surface area contributed by atoms with Gasteiger partial charge in [-0.15, -0.1) is 5.10 Å². The summed E-state index contributed by atoms with van der Waals surface area (Å²) in [4.78, 5) is 12.9. The molecule has 0 saturated carbocycles. The van der Waals surface area contributed by atoms with E-state index >= 15 is 0 Å². The molecule has 1 amide bonds. The number of benzene rings is 2. The SMILES string of the molecule is O=C(Nc1cc(Cl)ccc1Cl)c1snnc1-c1ccccc1. The molecule has 0 spiro atoms. The lowest BCUT2D eigenvalue weighted by Gasteiger charge is -2.07. The fraction of sp³-hybridized carbons (Fsp3) is 0. The number of carbonyl (C=O) groups is 1. The van der Waals surface area contributed by atoms with Crippen LogP contribution in [-0.4, -0.2) is 15.5 Å². The molecule has 0 atom stereocenters. The van der Waals surface area contributed by atoms with Crippen LogP contribution in [-0.2, 0) is 0 Å². The molecule has 0 aliphatic carbocycles. The second-order valence-electron chi connectivity index (χ2n) is 4.39. The van der Waals surface area contributed by atoms with E-state index in [4.69, 9.17) is 23.2 Å². The van der Waals surface area contributed by atoms with Gasteiger partial charge in [-0.2, -0.15) is 0 Å². The van der Waals surface area contributed by atoms with Gasteiger partial charge in [-0.25, -0.2) is 0 Å². The number of rotatable bonds is 3. The highest BCUT2D eigenvalue weighted by molar-refractivity contribution is 7.08. The van der Waals surface area contributed by atoms with Crippen molar-refractivity contribution >= 4 is 46.3 Å². The topological polar surface area (TPSA) is 54.9 Å². The summed E-state index contributed by atoms with van der Waals surface area (Å²) < 4.78 is 3.87. The van der Waals surface area contributed by atoms with Gasteiger partial charge in [0.05, 0.1) is 10.7 Å². The van der Waals surface area contributed by atoms with E-state index in [2.05, 4.69) is 14.9 Å². The summed E-state index contributed by atoms with van der Waals surface area (Å²) in [5.74, 6) is -0.321. The van der Waals surface area contributed by atoms with E-state index in [0.717, 1.165) is 17.1 Å². The average molecular weight is 350 g/mol.